The fourth-order valence-corrected chi connectivity index (χ4v) is 4.83. The highest BCUT2D eigenvalue weighted by Gasteiger charge is 2.30. The molecule has 1 aliphatic rings. The second kappa shape index (κ2) is 9.77. The molecule has 1 aliphatic heterocycles. The summed E-state index contributed by atoms with van der Waals surface area (Å²) in [6.45, 7) is 8.54. The number of benzene rings is 1. The number of hydrazine groups is 1. The van der Waals surface area contributed by atoms with Crippen molar-refractivity contribution in [1.82, 2.24) is 20.7 Å². The maximum Gasteiger partial charge on any atom is 0.263 e. The van der Waals surface area contributed by atoms with Crippen molar-refractivity contribution in [1.29, 1.82) is 0 Å². The van der Waals surface area contributed by atoms with Gasteiger partial charge in [0, 0.05) is 41.7 Å². The highest BCUT2D eigenvalue weighted by atomic mass is 35.5. The summed E-state index contributed by atoms with van der Waals surface area (Å²) < 4.78 is 0. The number of nitrogens with zero attached hydrogens (tertiary/aromatic N) is 3. The van der Waals surface area contributed by atoms with E-state index in [4.69, 9.17) is 16.6 Å². The SMILES string of the molecule is CC(C)=C1C(Cc2ccc(Cl)cc2)=C(C)NN1c1nc(C)c(C(=O)NCc2cccnc2)s1. The van der Waals surface area contributed by atoms with Gasteiger partial charge < -0.3 is 5.32 Å². The molecule has 3 heterocycles. The van der Waals surface area contributed by atoms with E-state index in [0.717, 1.165) is 33.5 Å². The summed E-state index contributed by atoms with van der Waals surface area (Å²) in [6.07, 6.45) is 4.24. The van der Waals surface area contributed by atoms with E-state index in [1.807, 2.05) is 48.3 Å². The molecular formula is C25H26ClN5OS. The van der Waals surface area contributed by atoms with Crippen LogP contribution in [0.2, 0.25) is 5.02 Å². The first-order valence-electron chi connectivity index (χ1n) is 10.7. The van der Waals surface area contributed by atoms with Crippen molar-refractivity contribution in [3.63, 3.8) is 0 Å². The van der Waals surface area contributed by atoms with Crippen LogP contribution in [0.4, 0.5) is 5.13 Å². The lowest BCUT2D eigenvalue weighted by Gasteiger charge is -2.20. The number of nitrogens with one attached hydrogen (secondary N) is 2. The Morgan fingerprint density at radius 3 is 2.58 bits per heavy atom. The Hall–Kier alpha value is -3.16. The standard InChI is InChI=1S/C25H26ClN5OS/c1-15(2)22-21(12-18-7-9-20(26)10-8-18)16(3)30-31(22)25-29-17(4)23(33-25)24(32)28-14-19-6-5-11-27-13-19/h5-11,13,30H,12,14H2,1-4H3,(H,28,32). The summed E-state index contributed by atoms with van der Waals surface area (Å²) in [5, 5.41) is 6.42. The summed E-state index contributed by atoms with van der Waals surface area (Å²) in [4.78, 5) is 22.3. The lowest BCUT2D eigenvalue weighted by Crippen LogP contribution is -2.30. The van der Waals surface area contributed by atoms with E-state index in [2.05, 4.69) is 36.5 Å². The number of aryl methyl sites for hydroxylation is 1. The van der Waals surface area contributed by atoms with Crippen molar-refractivity contribution >= 4 is 34.0 Å². The van der Waals surface area contributed by atoms with Gasteiger partial charge >= 0.3 is 0 Å². The fourth-order valence-electron chi connectivity index (χ4n) is 3.75. The molecule has 0 saturated heterocycles. The zero-order chi connectivity index (χ0) is 23.5. The van der Waals surface area contributed by atoms with Crippen LogP contribution < -0.4 is 15.8 Å². The minimum absolute atomic E-state index is 0.135. The minimum atomic E-state index is -0.135. The number of halogens is 1. The summed E-state index contributed by atoms with van der Waals surface area (Å²) in [6, 6.07) is 11.7. The van der Waals surface area contributed by atoms with E-state index < -0.39 is 0 Å². The Labute approximate surface area is 203 Å². The van der Waals surface area contributed by atoms with E-state index >= 15 is 0 Å². The average Bonchev–Trinajstić information content (AvgIpc) is 3.34. The smallest absolute Gasteiger partial charge is 0.263 e. The topological polar surface area (TPSA) is 70.2 Å². The third kappa shape index (κ3) is 5.10. The lowest BCUT2D eigenvalue weighted by atomic mass is 9.99. The second-order valence-electron chi connectivity index (χ2n) is 8.16. The number of pyridine rings is 1. The first-order valence-corrected chi connectivity index (χ1v) is 11.9. The van der Waals surface area contributed by atoms with Crippen molar-refractivity contribution in [2.75, 3.05) is 5.01 Å². The van der Waals surface area contributed by atoms with Crippen molar-refractivity contribution in [2.45, 2.75) is 40.7 Å². The third-order valence-corrected chi connectivity index (χ3v) is 6.76. The Kier molecular flexibility index (Phi) is 6.81. The quantitative estimate of drug-likeness (QED) is 0.484. The van der Waals surface area contributed by atoms with Crippen LogP contribution in [0, 0.1) is 6.92 Å². The van der Waals surface area contributed by atoms with Crippen LogP contribution in [0.5, 0.6) is 0 Å². The first kappa shape index (κ1) is 23.0. The number of anilines is 1. The second-order valence-corrected chi connectivity index (χ2v) is 9.57. The van der Waals surface area contributed by atoms with Crippen LogP contribution in [-0.2, 0) is 13.0 Å². The van der Waals surface area contributed by atoms with Gasteiger partial charge in [0.15, 0.2) is 0 Å². The highest BCUT2D eigenvalue weighted by Crippen LogP contribution is 2.36. The molecule has 3 aromatic rings. The molecule has 0 unspecified atom stereocenters. The van der Waals surface area contributed by atoms with E-state index in [0.29, 0.717) is 17.1 Å². The van der Waals surface area contributed by atoms with Gasteiger partial charge in [-0.15, -0.1) is 0 Å². The van der Waals surface area contributed by atoms with Gasteiger partial charge in [0.05, 0.1) is 11.4 Å². The van der Waals surface area contributed by atoms with Crippen LogP contribution in [0.1, 0.15) is 47.3 Å². The van der Waals surface area contributed by atoms with Crippen LogP contribution >= 0.6 is 22.9 Å². The van der Waals surface area contributed by atoms with Crippen LogP contribution in [0.25, 0.3) is 0 Å². The molecule has 0 spiro atoms. The molecule has 0 fully saturated rings. The van der Waals surface area contributed by atoms with Gasteiger partial charge in [-0.25, -0.2) is 9.99 Å². The molecule has 0 saturated carbocycles. The van der Waals surface area contributed by atoms with Crippen LogP contribution in [-0.4, -0.2) is 15.9 Å². The normalized spacial score (nSPS) is 13.4. The molecular weight excluding hydrogens is 454 g/mol. The molecule has 0 aliphatic carbocycles. The van der Waals surface area contributed by atoms with Crippen molar-refractivity contribution in [3.05, 3.63) is 98.1 Å². The zero-order valence-corrected chi connectivity index (χ0v) is 20.6. The molecule has 8 heteroatoms. The predicted molar refractivity (Wildman–Crippen MR) is 134 cm³/mol. The Morgan fingerprint density at radius 2 is 1.91 bits per heavy atom. The fraction of sp³-hybridized carbons (Fsp3) is 0.240. The molecule has 1 amide bonds. The molecule has 4 rings (SSSR count). The number of hydrogen-bond donors (Lipinski definition) is 2. The largest absolute Gasteiger partial charge is 0.347 e. The summed E-state index contributed by atoms with van der Waals surface area (Å²) in [7, 11) is 0. The number of hydrogen-bond acceptors (Lipinski definition) is 6. The van der Waals surface area contributed by atoms with E-state index in [1.54, 1.807) is 12.4 Å². The number of rotatable bonds is 6. The molecule has 0 atom stereocenters. The molecule has 0 bridgehead atoms. The third-order valence-electron chi connectivity index (χ3n) is 5.37. The van der Waals surface area contributed by atoms with Gasteiger partial charge in [0.25, 0.3) is 5.91 Å². The number of aromatic nitrogens is 2. The van der Waals surface area contributed by atoms with Crippen molar-refractivity contribution in [3.8, 4) is 0 Å². The van der Waals surface area contributed by atoms with Gasteiger partial charge in [-0.05, 0) is 57.0 Å². The molecule has 2 aromatic heterocycles. The number of carbonyl (C=O) groups excluding carboxylic acids is 1. The Bertz CT molecular complexity index is 1230. The summed E-state index contributed by atoms with van der Waals surface area (Å²) >= 11 is 7.43. The number of allylic oxidation sites excluding steroid dienone is 3. The summed E-state index contributed by atoms with van der Waals surface area (Å²) in [5.41, 5.74) is 10.8. The van der Waals surface area contributed by atoms with Gasteiger partial charge in [0.1, 0.15) is 4.88 Å². The van der Waals surface area contributed by atoms with Crippen molar-refractivity contribution in [2.24, 2.45) is 0 Å². The Morgan fingerprint density at radius 1 is 1.15 bits per heavy atom. The summed E-state index contributed by atoms with van der Waals surface area (Å²) in [5.74, 6) is -0.135. The number of carbonyl (C=O) groups is 1. The highest BCUT2D eigenvalue weighted by molar-refractivity contribution is 7.17. The minimum Gasteiger partial charge on any atom is -0.347 e. The maximum absolute atomic E-state index is 12.8. The molecule has 2 N–H and O–H groups in total. The molecule has 0 radical (unpaired) electrons. The monoisotopic (exact) mass is 479 g/mol. The first-order chi connectivity index (χ1) is 15.8. The van der Waals surface area contributed by atoms with Gasteiger partial charge in [-0.2, -0.15) is 0 Å². The van der Waals surface area contributed by atoms with Gasteiger partial charge in [0.2, 0.25) is 5.13 Å². The average molecular weight is 480 g/mol. The van der Waals surface area contributed by atoms with Crippen molar-refractivity contribution < 1.29 is 4.79 Å². The lowest BCUT2D eigenvalue weighted by molar-refractivity contribution is 0.0954. The molecule has 170 valence electrons. The molecule has 33 heavy (non-hydrogen) atoms. The van der Waals surface area contributed by atoms with Crippen LogP contribution in [0.3, 0.4) is 0 Å². The van der Waals surface area contributed by atoms with E-state index in [1.165, 1.54) is 28.0 Å². The number of amides is 1. The number of thiazole rings is 1. The molecule has 1 aromatic carbocycles. The molecule has 6 nitrogen and oxygen atoms in total. The van der Waals surface area contributed by atoms with Crippen LogP contribution in [0.15, 0.2) is 71.3 Å². The van der Waals surface area contributed by atoms with Gasteiger partial charge in [-0.1, -0.05) is 46.7 Å². The van der Waals surface area contributed by atoms with E-state index in [9.17, 15) is 4.79 Å². The van der Waals surface area contributed by atoms with Gasteiger partial charge in [-0.3, -0.25) is 15.2 Å². The Balaban J connectivity index is 1.54. The predicted octanol–water partition coefficient (Wildman–Crippen LogP) is 5.57. The van der Waals surface area contributed by atoms with E-state index in [-0.39, 0.29) is 5.91 Å². The zero-order valence-electron chi connectivity index (χ0n) is 19.1. The maximum atomic E-state index is 12.8.